The zero-order valence-corrected chi connectivity index (χ0v) is 15.2. The van der Waals surface area contributed by atoms with Crippen LogP contribution in [-0.2, 0) is 14.8 Å². The van der Waals surface area contributed by atoms with Crippen LogP contribution in [0, 0.1) is 5.82 Å². The van der Waals surface area contributed by atoms with E-state index in [1.807, 2.05) is 6.92 Å². The van der Waals surface area contributed by atoms with Crippen LogP contribution in [-0.4, -0.2) is 27.5 Å². The SMILES string of the molecule is CCOc1ccc(NC(=O)CCCNS(=O)(=O)c2ccc(F)cc2)cc1. The Morgan fingerprint density at radius 1 is 1.08 bits per heavy atom. The van der Waals surface area contributed by atoms with E-state index in [0.29, 0.717) is 18.7 Å². The molecule has 0 atom stereocenters. The number of anilines is 1. The van der Waals surface area contributed by atoms with Gasteiger partial charge in [0.15, 0.2) is 0 Å². The van der Waals surface area contributed by atoms with Gasteiger partial charge in [-0.05, 0) is 61.9 Å². The summed E-state index contributed by atoms with van der Waals surface area (Å²) in [6, 6.07) is 11.5. The van der Waals surface area contributed by atoms with Crippen molar-refractivity contribution in [1.82, 2.24) is 4.72 Å². The molecular formula is C18H21FN2O4S. The summed E-state index contributed by atoms with van der Waals surface area (Å²) in [4.78, 5) is 11.9. The lowest BCUT2D eigenvalue weighted by molar-refractivity contribution is -0.116. The molecule has 6 nitrogen and oxygen atoms in total. The van der Waals surface area contributed by atoms with Crippen LogP contribution >= 0.6 is 0 Å². The van der Waals surface area contributed by atoms with Crippen molar-refractivity contribution in [2.75, 3.05) is 18.5 Å². The quantitative estimate of drug-likeness (QED) is 0.655. The number of carbonyl (C=O) groups excluding carboxylic acids is 1. The molecule has 0 bridgehead atoms. The molecule has 0 aliphatic rings. The van der Waals surface area contributed by atoms with Crippen LogP contribution in [0.25, 0.3) is 0 Å². The maximum atomic E-state index is 12.8. The highest BCUT2D eigenvalue weighted by Crippen LogP contribution is 2.16. The lowest BCUT2D eigenvalue weighted by Gasteiger charge is -2.08. The smallest absolute Gasteiger partial charge is 0.240 e. The molecule has 0 heterocycles. The number of benzene rings is 2. The largest absolute Gasteiger partial charge is 0.494 e. The number of nitrogens with one attached hydrogen (secondary N) is 2. The summed E-state index contributed by atoms with van der Waals surface area (Å²) in [6.45, 7) is 2.57. The molecule has 2 aromatic carbocycles. The first-order chi connectivity index (χ1) is 12.4. The molecule has 0 fully saturated rings. The van der Waals surface area contributed by atoms with E-state index in [2.05, 4.69) is 10.0 Å². The van der Waals surface area contributed by atoms with Crippen LogP contribution in [0.3, 0.4) is 0 Å². The number of amides is 1. The van der Waals surface area contributed by atoms with Gasteiger partial charge in [-0.3, -0.25) is 4.79 Å². The van der Waals surface area contributed by atoms with Gasteiger partial charge >= 0.3 is 0 Å². The number of halogens is 1. The number of rotatable bonds is 9. The van der Waals surface area contributed by atoms with E-state index >= 15 is 0 Å². The van der Waals surface area contributed by atoms with Gasteiger partial charge in [0.1, 0.15) is 11.6 Å². The number of ether oxygens (including phenoxy) is 1. The van der Waals surface area contributed by atoms with Gasteiger partial charge in [0, 0.05) is 18.7 Å². The molecule has 0 aromatic heterocycles. The Morgan fingerprint density at radius 2 is 1.73 bits per heavy atom. The topological polar surface area (TPSA) is 84.5 Å². The third-order valence-corrected chi connectivity index (χ3v) is 4.92. The molecule has 0 unspecified atom stereocenters. The molecule has 0 saturated heterocycles. The first-order valence-electron chi connectivity index (χ1n) is 8.18. The maximum absolute atomic E-state index is 12.8. The minimum Gasteiger partial charge on any atom is -0.494 e. The van der Waals surface area contributed by atoms with Gasteiger partial charge in [0.2, 0.25) is 15.9 Å². The highest BCUT2D eigenvalue weighted by Gasteiger charge is 2.13. The van der Waals surface area contributed by atoms with Gasteiger partial charge in [-0.1, -0.05) is 0 Å². The molecule has 0 aliphatic heterocycles. The van der Waals surface area contributed by atoms with Crippen LogP contribution in [0.2, 0.25) is 0 Å². The van der Waals surface area contributed by atoms with Gasteiger partial charge in [-0.15, -0.1) is 0 Å². The van der Waals surface area contributed by atoms with Crippen LogP contribution in [0.4, 0.5) is 10.1 Å². The molecule has 8 heteroatoms. The summed E-state index contributed by atoms with van der Waals surface area (Å²) < 4.78 is 44.6. The fourth-order valence-corrected chi connectivity index (χ4v) is 3.25. The highest BCUT2D eigenvalue weighted by atomic mass is 32.2. The molecule has 0 saturated carbocycles. The zero-order chi connectivity index (χ0) is 19.0. The second-order valence-electron chi connectivity index (χ2n) is 5.46. The first-order valence-corrected chi connectivity index (χ1v) is 9.67. The number of hydrogen-bond donors (Lipinski definition) is 2. The second kappa shape index (κ2) is 9.30. The molecule has 0 spiro atoms. The van der Waals surface area contributed by atoms with Crippen LogP contribution in [0.1, 0.15) is 19.8 Å². The molecule has 0 aliphatic carbocycles. The third kappa shape index (κ3) is 6.12. The highest BCUT2D eigenvalue weighted by molar-refractivity contribution is 7.89. The van der Waals surface area contributed by atoms with E-state index in [-0.39, 0.29) is 23.8 Å². The Hall–Kier alpha value is -2.45. The van der Waals surface area contributed by atoms with Crippen LogP contribution in [0.5, 0.6) is 5.75 Å². The third-order valence-electron chi connectivity index (χ3n) is 3.45. The van der Waals surface area contributed by atoms with E-state index in [0.717, 1.165) is 17.9 Å². The fraction of sp³-hybridized carbons (Fsp3) is 0.278. The van der Waals surface area contributed by atoms with Gasteiger partial charge in [-0.25, -0.2) is 17.5 Å². The second-order valence-corrected chi connectivity index (χ2v) is 7.23. The number of hydrogen-bond acceptors (Lipinski definition) is 4. The lowest BCUT2D eigenvalue weighted by Crippen LogP contribution is -2.25. The molecule has 26 heavy (non-hydrogen) atoms. The van der Waals surface area contributed by atoms with Crippen molar-refractivity contribution < 1.29 is 22.3 Å². The van der Waals surface area contributed by atoms with Gasteiger partial charge < -0.3 is 10.1 Å². The maximum Gasteiger partial charge on any atom is 0.240 e. The average molecular weight is 380 g/mol. The van der Waals surface area contributed by atoms with Crippen molar-refractivity contribution in [2.24, 2.45) is 0 Å². The molecule has 2 rings (SSSR count). The molecule has 1 amide bonds. The fourth-order valence-electron chi connectivity index (χ4n) is 2.18. The van der Waals surface area contributed by atoms with Crippen LogP contribution in [0.15, 0.2) is 53.4 Å². The molecular weight excluding hydrogens is 359 g/mol. The van der Waals surface area contributed by atoms with Crippen molar-refractivity contribution >= 4 is 21.6 Å². The summed E-state index contributed by atoms with van der Waals surface area (Å²) in [5.41, 5.74) is 0.644. The molecule has 140 valence electrons. The van der Waals surface area contributed by atoms with Crippen LogP contribution < -0.4 is 14.8 Å². The van der Waals surface area contributed by atoms with E-state index in [4.69, 9.17) is 4.74 Å². The zero-order valence-electron chi connectivity index (χ0n) is 14.4. The Balaban J connectivity index is 1.75. The van der Waals surface area contributed by atoms with E-state index < -0.39 is 15.8 Å². The monoisotopic (exact) mass is 380 g/mol. The van der Waals surface area contributed by atoms with Gasteiger partial charge in [0.25, 0.3) is 0 Å². The van der Waals surface area contributed by atoms with Crippen molar-refractivity contribution in [3.05, 3.63) is 54.3 Å². The van der Waals surface area contributed by atoms with Gasteiger partial charge in [-0.2, -0.15) is 0 Å². The summed E-state index contributed by atoms with van der Waals surface area (Å²) in [7, 11) is -3.71. The molecule has 2 aromatic rings. The molecule has 0 radical (unpaired) electrons. The Morgan fingerprint density at radius 3 is 2.35 bits per heavy atom. The number of sulfonamides is 1. The summed E-state index contributed by atoms with van der Waals surface area (Å²) in [6.07, 6.45) is 0.502. The van der Waals surface area contributed by atoms with E-state index in [9.17, 15) is 17.6 Å². The summed E-state index contributed by atoms with van der Waals surface area (Å²) in [5.74, 6) is 0.00532. The first kappa shape index (κ1) is 19.9. The standard InChI is InChI=1S/C18H21FN2O4S/c1-2-25-16-9-7-15(8-10-16)21-18(22)4-3-13-20-26(23,24)17-11-5-14(19)6-12-17/h5-12,20H,2-4,13H2,1H3,(H,21,22). The predicted octanol–water partition coefficient (Wildman–Crippen LogP) is 2.92. The Kier molecular flexibility index (Phi) is 7.11. The van der Waals surface area contributed by atoms with E-state index in [1.54, 1.807) is 24.3 Å². The molecule has 2 N–H and O–H groups in total. The summed E-state index contributed by atoms with van der Waals surface area (Å²) >= 11 is 0. The minimum absolute atomic E-state index is 0.0160. The van der Waals surface area contributed by atoms with E-state index in [1.165, 1.54) is 12.1 Å². The van der Waals surface area contributed by atoms with Crippen molar-refractivity contribution in [1.29, 1.82) is 0 Å². The predicted molar refractivity (Wildman–Crippen MR) is 97.1 cm³/mol. The minimum atomic E-state index is -3.71. The lowest BCUT2D eigenvalue weighted by atomic mass is 10.2. The van der Waals surface area contributed by atoms with Crippen molar-refractivity contribution in [3.63, 3.8) is 0 Å². The van der Waals surface area contributed by atoms with Crippen molar-refractivity contribution in [3.8, 4) is 5.75 Å². The number of carbonyl (C=O) groups is 1. The Bertz CT molecular complexity index is 821. The van der Waals surface area contributed by atoms with Crippen molar-refractivity contribution in [2.45, 2.75) is 24.7 Å². The Labute approximate surface area is 152 Å². The normalized spacial score (nSPS) is 11.2. The van der Waals surface area contributed by atoms with Gasteiger partial charge in [0.05, 0.1) is 11.5 Å². The average Bonchev–Trinajstić information content (AvgIpc) is 2.61. The summed E-state index contributed by atoms with van der Waals surface area (Å²) in [5, 5.41) is 2.73.